The van der Waals surface area contributed by atoms with Crippen molar-refractivity contribution in [2.75, 3.05) is 27.7 Å². The van der Waals surface area contributed by atoms with Crippen molar-refractivity contribution in [3.8, 4) is 5.75 Å². The minimum Gasteiger partial charge on any atom is -0.497 e. The number of hydrogen-bond donors (Lipinski definition) is 1. The first kappa shape index (κ1) is 26.2. The third-order valence-electron chi connectivity index (χ3n) is 5.93. The summed E-state index contributed by atoms with van der Waals surface area (Å²) in [5, 5.41) is 4.31. The Morgan fingerprint density at radius 1 is 1.00 bits per heavy atom. The summed E-state index contributed by atoms with van der Waals surface area (Å²) in [6.45, 7) is 1.56. The van der Waals surface area contributed by atoms with Gasteiger partial charge in [0.1, 0.15) is 11.8 Å². The first-order chi connectivity index (χ1) is 16.7. The Morgan fingerprint density at radius 2 is 1.66 bits per heavy atom. The highest BCUT2D eigenvalue weighted by Crippen LogP contribution is 2.22. The van der Waals surface area contributed by atoms with Crippen molar-refractivity contribution in [2.24, 2.45) is 0 Å². The van der Waals surface area contributed by atoms with E-state index in [4.69, 9.17) is 4.74 Å². The maximum atomic E-state index is 13.4. The van der Waals surface area contributed by atoms with Gasteiger partial charge in [-0.3, -0.25) is 9.59 Å². The Kier molecular flexibility index (Phi) is 8.48. The van der Waals surface area contributed by atoms with Gasteiger partial charge in [-0.1, -0.05) is 49.4 Å². The number of nitrogens with zero attached hydrogens (tertiary/aromatic N) is 2. The van der Waals surface area contributed by atoms with Crippen LogP contribution in [0.4, 0.5) is 0 Å². The van der Waals surface area contributed by atoms with Crippen molar-refractivity contribution in [3.05, 3.63) is 72.3 Å². The van der Waals surface area contributed by atoms with Gasteiger partial charge in [-0.15, -0.1) is 0 Å². The Hall–Kier alpha value is -3.43. The van der Waals surface area contributed by atoms with Crippen molar-refractivity contribution < 1.29 is 22.7 Å². The second kappa shape index (κ2) is 11.3. The molecule has 3 rings (SSSR count). The molecular formula is C26H31N3O5S. The van der Waals surface area contributed by atoms with Crippen LogP contribution >= 0.6 is 0 Å². The van der Waals surface area contributed by atoms with E-state index in [1.165, 1.54) is 25.1 Å². The summed E-state index contributed by atoms with van der Waals surface area (Å²) < 4.78 is 32.7. The van der Waals surface area contributed by atoms with E-state index in [1.54, 1.807) is 31.4 Å². The van der Waals surface area contributed by atoms with E-state index in [9.17, 15) is 18.0 Å². The molecular weight excluding hydrogens is 466 g/mol. The monoisotopic (exact) mass is 497 g/mol. The summed E-state index contributed by atoms with van der Waals surface area (Å²) >= 11 is 0. The van der Waals surface area contributed by atoms with Gasteiger partial charge >= 0.3 is 0 Å². The Balaban J connectivity index is 1.86. The average Bonchev–Trinajstić information content (AvgIpc) is 2.88. The Labute approximate surface area is 206 Å². The number of hydrogen-bond acceptors (Lipinski definition) is 5. The molecule has 0 radical (unpaired) electrons. The fraction of sp³-hybridized carbons (Fsp3) is 0.308. The van der Waals surface area contributed by atoms with Crippen LogP contribution in [0.1, 0.15) is 18.9 Å². The van der Waals surface area contributed by atoms with Crippen LogP contribution in [0.15, 0.2) is 71.6 Å². The van der Waals surface area contributed by atoms with Crippen LogP contribution in [-0.2, 0) is 26.2 Å². The summed E-state index contributed by atoms with van der Waals surface area (Å²) in [5.74, 6) is -0.108. The molecule has 9 heteroatoms. The van der Waals surface area contributed by atoms with Crippen LogP contribution in [0.3, 0.4) is 0 Å². The predicted octanol–water partition coefficient (Wildman–Crippen LogP) is 3.02. The van der Waals surface area contributed by atoms with Crippen molar-refractivity contribution in [3.63, 3.8) is 0 Å². The predicted molar refractivity (Wildman–Crippen MR) is 135 cm³/mol. The molecule has 8 nitrogen and oxygen atoms in total. The van der Waals surface area contributed by atoms with Gasteiger partial charge in [0, 0.05) is 20.6 Å². The molecule has 35 heavy (non-hydrogen) atoms. The van der Waals surface area contributed by atoms with E-state index >= 15 is 0 Å². The number of likely N-dealkylation sites (N-methyl/N-ethyl adjacent to an activating group) is 2. The zero-order valence-electron chi connectivity index (χ0n) is 20.4. The minimum absolute atomic E-state index is 0.103. The van der Waals surface area contributed by atoms with Gasteiger partial charge in [0.15, 0.2) is 0 Å². The van der Waals surface area contributed by atoms with Crippen LogP contribution in [0.25, 0.3) is 10.8 Å². The van der Waals surface area contributed by atoms with Crippen molar-refractivity contribution in [2.45, 2.75) is 30.8 Å². The van der Waals surface area contributed by atoms with Gasteiger partial charge in [-0.2, -0.15) is 4.31 Å². The number of fused-ring (bicyclic) bond motifs is 1. The largest absolute Gasteiger partial charge is 0.497 e. The molecule has 1 atom stereocenters. The molecule has 0 spiro atoms. The minimum atomic E-state index is -3.93. The molecule has 0 aliphatic carbocycles. The maximum Gasteiger partial charge on any atom is 0.243 e. The number of carbonyl (C=O) groups excluding carboxylic acids is 2. The fourth-order valence-corrected chi connectivity index (χ4v) is 5.04. The lowest BCUT2D eigenvalue weighted by atomic mass is 10.1. The molecule has 1 N–H and O–H groups in total. The van der Waals surface area contributed by atoms with Crippen LogP contribution < -0.4 is 10.1 Å². The van der Waals surface area contributed by atoms with Crippen molar-refractivity contribution >= 4 is 32.6 Å². The lowest BCUT2D eigenvalue weighted by molar-refractivity contribution is -0.141. The quantitative estimate of drug-likeness (QED) is 0.465. The Bertz CT molecular complexity index is 1290. The smallest absolute Gasteiger partial charge is 0.243 e. The molecule has 0 saturated heterocycles. The van der Waals surface area contributed by atoms with Gasteiger partial charge < -0.3 is 15.0 Å². The SMILES string of the molecule is CC[C@H](C(=O)NC)N(Cc1ccc(OC)cc1)C(=O)CN(C)S(=O)(=O)c1ccc2ccccc2c1. The summed E-state index contributed by atoms with van der Waals surface area (Å²) in [7, 11) is 0.516. The van der Waals surface area contributed by atoms with Gasteiger partial charge in [-0.05, 0) is 47.0 Å². The average molecular weight is 498 g/mol. The lowest BCUT2D eigenvalue weighted by Gasteiger charge is -2.31. The van der Waals surface area contributed by atoms with E-state index in [-0.39, 0.29) is 17.3 Å². The molecule has 0 bridgehead atoms. The molecule has 0 unspecified atom stereocenters. The number of rotatable bonds is 10. The number of amides is 2. The molecule has 0 heterocycles. The van der Waals surface area contributed by atoms with Crippen LogP contribution in [0.2, 0.25) is 0 Å². The van der Waals surface area contributed by atoms with Crippen LogP contribution in [0.5, 0.6) is 5.75 Å². The lowest BCUT2D eigenvalue weighted by Crippen LogP contribution is -2.51. The molecule has 3 aromatic carbocycles. The normalized spacial score (nSPS) is 12.4. The summed E-state index contributed by atoms with van der Waals surface area (Å²) in [4.78, 5) is 27.5. The number of ether oxygens (including phenoxy) is 1. The van der Waals surface area contributed by atoms with Gasteiger partial charge in [-0.25, -0.2) is 8.42 Å². The molecule has 3 aromatic rings. The molecule has 2 amide bonds. The van der Waals surface area contributed by atoms with Gasteiger partial charge in [0.25, 0.3) is 0 Å². The second-order valence-corrected chi connectivity index (χ2v) is 10.2. The summed E-state index contributed by atoms with van der Waals surface area (Å²) in [6.07, 6.45) is 0.378. The second-order valence-electron chi connectivity index (χ2n) is 8.18. The number of nitrogens with one attached hydrogen (secondary N) is 1. The van der Waals surface area contributed by atoms with E-state index < -0.39 is 28.5 Å². The zero-order valence-corrected chi connectivity index (χ0v) is 21.2. The zero-order chi connectivity index (χ0) is 25.6. The van der Waals surface area contributed by atoms with E-state index in [1.807, 2.05) is 43.3 Å². The van der Waals surface area contributed by atoms with E-state index in [2.05, 4.69) is 5.32 Å². The third-order valence-corrected chi connectivity index (χ3v) is 7.73. The molecule has 186 valence electrons. The van der Waals surface area contributed by atoms with Crippen LogP contribution in [0, 0.1) is 0 Å². The van der Waals surface area contributed by atoms with Crippen molar-refractivity contribution in [1.29, 1.82) is 0 Å². The molecule has 0 saturated carbocycles. The number of sulfonamides is 1. The highest BCUT2D eigenvalue weighted by atomic mass is 32.2. The molecule has 0 aromatic heterocycles. The summed E-state index contributed by atoms with van der Waals surface area (Å²) in [5.41, 5.74) is 0.793. The highest BCUT2D eigenvalue weighted by Gasteiger charge is 2.31. The van der Waals surface area contributed by atoms with E-state index in [0.717, 1.165) is 20.6 Å². The molecule has 0 aliphatic rings. The Morgan fingerprint density at radius 3 is 2.26 bits per heavy atom. The maximum absolute atomic E-state index is 13.4. The van der Waals surface area contributed by atoms with E-state index in [0.29, 0.717) is 12.2 Å². The van der Waals surface area contributed by atoms with Crippen molar-refractivity contribution in [1.82, 2.24) is 14.5 Å². The topological polar surface area (TPSA) is 96.0 Å². The first-order valence-corrected chi connectivity index (χ1v) is 12.7. The van der Waals surface area contributed by atoms with Gasteiger partial charge in [0.05, 0.1) is 18.6 Å². The fourth-order valence-electron chi connectivity index (χ4n) is 3.89. The first-order valence-electron chi connectivity index (χ1n) is 11.3. The number of carbonyl (C=O) groups is 2. The molecule has 0 aliphatic heterocycles. The number of benzene rings is 3. The highest BCUT2D eigenvalue weighted by molar-refractivity contribution is 7.89. The third kappa shape index (κ3) is 5.98. The number of methoxy groups -OCH3 is 1. The molecule has 0 fully saturated rings. The summed E-state index contributed by atoms with van der Waals surface area (Å²) in [6, 6.07) is 18.8. The standard InChI is InChI=1S/C26H31N3O5S/c1-5-24(26(31)27-2)29(17-19-10-13-22(34-4)14-11-19)25(30)18-28(3)35(32,33)23-15-12-20-8-6-7-9-21(20)16-23/h6-16,24H,5,17-18H2,1-4H3,(H,27,31)/t24-/m1/s1. The van der Waals surface area contributed by atoms with Gasteiger partial charge in [0.2, 0.25) is 21.8 Å². The van der Waals surface area contributed by atoms with Crippen LogP contribution in [-0.4, -0.2) is 63.2 Å².